The second kappa shape index (κ2) is 9.24. The quantitative estimate of drug-likeness (QED) is 0.528. The molecule has 0 bridgehead atoms. The summed E-state index contributed by atoms with van der Waals surface area (Å²) < 4.78 is 5.97. The lowest BCUT2D eigenvalue weighted by molar-refractivity contribution is -0.128. The fraction of sp³-hybridized carbons (Fsp3) is 0.417. The Kier molecular flexibility index (Phi) is 6.04. The van der Waals surface area contributed by atoms with Crippen LogP contribution in [0.3, 0.4) is 0 Å². The third-order valence-corrected chi connectivity index (χ3v) is 7.11. The van der Waals surface area contributed by atoms with E-state index in [9.17, 15) is 4.79 Å². The van der Waals surface area contributed by atoms with Crippen LogP contribution >= 0.6 is 11.5 Å². The molecular weight excluding hydrogens is 406 g/mol. The van der Waals surface area contributed by atoms with Gasteiger partial charge in [-0.2, -0.15) is 4.37 Å². The maximum absolute atomic E-state index is 12.4. The van der Waals surface area contributed by atoms with Crippen LogP contribution in [0.25, 0.3) is 10.1 Å². The SMILES string of the molecule is O=C1CCN(c2ccccc2)N1CCCCN1CCN(c2nsc3ccccc23)CC1. The number of anilines is 2. The Morgan fingerprint density at radius 1 is 0.839 bits per heavy atom. The summed E-state index contributed by atoms with van der Waals surface area (Å²) >= 11 is 1.59. The number of hydrogen-bond acceptors (Lipinski definition) is 6. The first-order valence-corrected chi connectivity index (χ1v) is 12.0. The van der Waals surface area contributed by atoms with Crippen molar-refractivity contribution in [1.82, 2.24) is 14.3 Å². The third kappa shape index (κ3) is 4.38. The van der Waals surface area contributed by atoms with Gasteiger partial charge in [-0.25, -0.2) is 0 Å². The van der Waals surface area contributed by atoms with E-state index in [1.54, 1.807) is 11.5 Å². The highest BCUT2D eigenvalue weighted by molar-refractivity contribution is 7.13. The molecule has 5 rings (SSSR count). The van der Waals surface area contributed by atoms with Gasteiger partial charge in [0.15, 0.2) is 0 Å². The van der Waals surface area contributed by atoms with Crippen LogP contribution in [0.2, 0.25) is 0 Å². The lowest BCUT2D eigenvalue weighted by atomic mass is 10.2. The Bertz CT molecular complexity index is 1010. The fourth-order valence-corrected chi connectivity index (χ4v) is 5.38. The Hall–Kier alpha value is -2.64. The summed E-state index contributed by atoms with van der Waals surface area (Å²) in [6.07, 6.45) is 2.76. The molecule has 2 fully saturated rings. The second-order valence-electron chi connectivity index (χ2n) is 8.26. The van der Waals surface area contributed by atoms with Crippen LogP contribution in [0.5, 0.6) is 0 Å². The van der Waals surface area contributed by atoms with Crippen molar-refractivity contribution in [3.05, 3.63) is 54.6 Å². The predicted molar refractivity (Wildman–Crippen MR) is 128 cm³/mol. The summed E-state index contributed by atoms with van der Waals surface area (Å²) in [6, 6.07) is 18.7. The number of amides is 1. The fourth-order valence-electron chi connectivity index (χ4n) is 4.58. The van der Waals surface area contributed by atoms with E-state index >= 15 is 0 Å². The lowest BCUT2D eigenvalue weighted by Crippen LogP contribution is -2.47. The van der Waals surface area contributed by atoms with Crippen molar-refractivity contribution in [2.75, 3.05) is 55.7 Å². The molecule has 31 heavy (non-hydrogen) atoms. The first kappa shape index (κ1) is 20.3. The number of unbranched alkanes of at least 4 members (excludes halogenated alkanes) is 1. The smallest absolute Gasteiger partial charge is 0.242 e. The number of piperazine rings is 1. The Labute approximate surface area is 187 Å². The molecule has 0 radical (unpaired) electrons. The van der Waals surface area contributed by atoms with Crippen LogP contribution in [0, 0.1) is 0 Å². The normalized spacial score (nSPS) is 17.8. The van der Waals surface area contributed by atoms with Gasteiger partial charge in [-0.3, -0.25) is 19.7 Å². The molecule has 0 atom stereocenters. The topological polar surface area (TPSA) is 42.9 Å². The summed E-state index contributed by atoms with van der Waals surface area (Å²) in [7, 11) is 0. The van der Waals surface area contributed by atoms with E-state index in [0.29, 0.717) is 6.42 Å². The van der Waals surface area contributed by atoms with E-state index in [-0.39, 0.29) is 5.91 Å². The van der Waals surface area contributed by atoms with Crippen LogP contribution in [-0.4, -0.2) is 66.0 Å². The Balaban J connectivity index is 1.08. The van der Waals surface area contributed by atoms with Crippen molar-refractivity contribution in [3.63, 3.8) is 0 Å². The van der Waals surface area contributed by atoms with E-state index in [4.69, 9.17) is 4.37 Å². The number of para-hydroxylation sites is 1. The first-order chi connectivity index (χ1) is 15.3. The zero-order valence-corrected chi connectivity index (χ0v) is 18.6. The van der Waals surface area contributed by atoms with Gasteiger partial charge < -0.3 is 4.90 Å². The van der Waals surface area contributed by atoms with Gasteiger partial charge in [0.1, 0.15) is 5.82 Å². The average Bonchev–Trinajstić information content (AvgIpc) is 3.41. The van der Waals surface area contributed by atoms with Crippen LogP contribution in [0.4, 0.5) is 11.5 Å². The van der Waals surface area contributed by atoms with Gasteiger partial charge in [0, 0.05) is 51.1 Å². The minimum Gasteiger partial charge on any atom is -0.353 e. The minimum atomic E-state index is 0.243. The van der Waals surface area contributed by atoms with Crippen molar-refractivity contribution in [2.45, 2.75) is 19.3 Å². The van der Waals surface area contributed by atoms with Crippen LogP contribution in [-0.2, 0) is 4.79 Å². The Morgan fingerprint density at radius 2 is 1.58 bits per heavy atom. The molecule has 2 saturated heterocycles. The predicted octanol–water partition coefficient (Wildman–Crippen LogP) is 3.85. The van der Waals surface area contributed by atoms with Crippen molar-refractivity contribution < 1.29 is 4.79 Å². The highest BCUT2D eigenvalue weighted by Crippen LogP contribution is 2.30. The number of nitrogens with zero attached hydrogens (tertiary/aromatic N) is 5. The lowest BCUT2D eigenvalue weighted by Gasteiger charge is -2.35. The number of fused-ring (bicyclic) bond motifs is 1. The second-order valence-corrected chi connectivity index (χ2v) is 9.07. The molecule has 2 aliphatic heterocycles. The maximum atomic E-state index is 12.4. The number of hydrazine groups is 1. The molecule has 0 unspecified atom stereocenters. The van der Waals surface area contributed by atoms with Crippen molar-refractivity contribution in [2.24, 2.45) is 0 Å². The summed E-state index contributed by atoms with van der Waals surface area (Å²) in [6.45, 7) is 6.89. The Morgan fingerprint density at radius 3 is 2.42 bits per heavy atom. The van der Waals surface area contributed by atoms with Gasteiger partial charge in [-0.05, 0) is 55.2 Å². The molecule has 2 aromatic carbocycles. The molecule has 6 nitrogen and oxygen atoms in total. The molecule has 162 valence electrons. The highest BCUT2D eigenvalue weighted by atomic mass is 32.1. The zero-order valence-electron chi connectivity index (χ0n) is 17.8. The van der Waals surface area contributed by atoms with Crippen LogP contribution in [0.1, 0.15) is 19.3 Å². The summed E-state index contributed by atoms with van der Waals surface area (Å²) in [5.41, 5.74) is 1.11. The zero-order chi connectivity index (χ0) is 21.0. The number of benzene rings is 2. The highest BCUT2D eigenvalue weighted by Gasteiger charge is 2.28. The summed E-state index contributed by atoms with van der Waals surface area (Å²) in [4.78, 5) is 17.3. The van der Waals surface area contributed by atoms with Crippen molar-refractivity contribution >= 4 is 39.0 Å². The number of carbonyl (C=O) groups excluding carboxylic acids is 1. The van der Waals surface area contributed by atoms with Gasteiger partial charge in [0.25, 0.3) is 0 Å². The summed E-state index contributed by atoms with van der Waals surface area (Å²) in [5, 5.41) is 5.36. The van der Waals surface area contributed by atoms with E-state index in [1.807, 2.05) is 23.2 Å². The van der Waals surface area contributed by atoms with E-state index < -0.39 is 0 Å². The van der Waals surface area contributed by atoms with E-state index in [2.05, 4.69) is 51.2 Å². The van der Waals surface area contributed by atoms with Gasteiger partial charge >= 0.3 is 0 Å². The number of rotatable bonds is 7. The minimum absolute atomic E-state index is 0.243. The molecule has 0 aliphatic carbocycles. The molecule has 2 aliphatic rings. The van der Waals surface area contributed by atoms with Gasteiger partial charge in [0.05, 0.1) is 10.4 Å². The monoisotopic (exact) mass is 435 g/mol. The molecule has 0 saturated carbocycles. The largest absolute Gasteiger partial charge is 0.353 e. The van der Waals surface area contributed by atoms with Crippen molar-refractivity contribution in [3.8, 4) is 0 Å². The number of hydrogen-bond donors (Lipinski definition) is 0. The molecule has 1 amide bonds. The maximum Gasteiger partial charge on any atom is 0.242 e. The van der Waals surface area contributed by atoms with Crippen LogP contribution < -0.4 is 9.91 Å². The van der Waals surface area contributed by atoms with Gasteiger partial charge in [-0.15, -0.1) is 0 Å². The molecule has 0 spiro atoms. The summed E-state index contributed by atoms with van der Waals surface area (Å²) in [5.74, 6) is 1.39. The first-order valence-electron chi connectivity index (χ1n) is 11.2. The van der Waals surface area contributed by atoms with Gasteiger partial charge in [-0.1, -0.05) is 30.3 Å². The van der Waals surface area contributed by atoms with E-state index in [0.717, 1.165) is 70.2 Å². The standard InChI is InChI=1S/C24H29N5OS/c30-23-12-15-28(20-8-2-1-3-9-20)29(23)14-7-6-13-26-16-18-27(19-17-26)24-21-10-4-5-11-22(21)31-25-24/h1-5,8-11H,6-7,12-19H2. The molecule has 1 aromatic heterocycles. The molecule has 7 heteroatoms. The average molecular weight is 436 g/mol. The molecular formula is C24H29N5OS. The molecule has 3 aromatic rings. The van der Waals surface area contributed by atoms with Gasteiger partial charge in [0.2, 0.25) is 5.91 Å². The third-order valence-electron chi connectivity index (χ3n) is 6.30. The van der Waals surface area contributed by atoms with Crippen LogP contribution in [0.15, 0.2) is 54.6 Å². The van der Waals surface area contributed by atoms with Crippen molar-refractivity contribution in [1.29, 1.82) is 0 Å². The number of carbonyl (C=O) groups is 1. The molecule has 0 N–H and O–H groups in total. The molecule has 3 heterocycles. The van der Waals surface area contributed by atoms with E-state index in [1.165, 1.54) is 10.1 Å². The number of aromatic nitrogens is 1.